The molecule has 0 spiro atoms. The van der Waals surface area contributed by atoms with E-state index in [1.54, 1.807) is 19.2 Å². The van der Waals surface area contributed by atoms with Gasteiger partial charge in [-0.05, 0) is 34.0 Å². The van der Waals surface area contributed by atoms with Crippen molar-refractivity contribution < 1.29 is 19.6 Å². The topological polar surface area (TPSA) is 55.9 Å². The third-order valence-corrected chi connectivity index (χ3v) is 2.42. The summed E-state index contributed by atoms with van der Waals surface area (Å²) in [7, 11) is 5.49. The maximum atomic E-state index is 9.88. The summed E-state index contributed by atoms with van der Waals surface area (Å²) in [6.07, 6.45) is -0.239. The SMILES string of the molecule is COc1ccccc1[NH+]=C(O)OC(C)(C)CN(C)C. The lowest BCUT2D eigenvalue weighted by molar-refractivity contribution is -0.386. The highest BCUT2D eigenvalue weighted by atomic mass is 16.6. The molecule has 0 radical (unpaired) electrons. The molecule has 5 nitrogen and oxygen atoms in total. The van der Waals surface area contributed by atoms with Crippen molar-refractivity contribution in [3.05, 3.63) is 24.3 Å². The summed E-state index contributed by atoms with van der Waals surface area (Å²) < 4.78 is 10.7. The highest BCUT2D eigenvalue weighted by Gasteiger charge is 2.25. The van der Waals surface area contributed by atoms with Crippen molar-refractivity contribution in [3.63, 3.8) is 0 Å². The van der Waals surface area contributed by atoms with Crippen LogP contribution in [-0.2, 0) is 4.74 Å². The van der Waals surface area contributed by atoms with Crippen molar-refractivity contribution in [3.8, 4) is 5.75 Å². The monoisotopic (exact) mass is 267 g/mol. The molecule has 0 fully saturated rings. The van der Waals surface area contributed by atoms with Crippen LogP contribution in [0, 0.1) is 0 Å². The average Bonchev–Trinajstić information content (AvgIpc) is 2.26. The number of methoxy groups -OCH3 is 1. The molecule has 1 aromatic carbocycles. The van der Waals surface area contributed by atoms with Gasteiger partial charge in [0.25, 0.3) is 5.69 Å². The van der Waals surface area contributed by atoms with E-state index in [0.29, 0.717) is 18.0 Å². The number of ether oxygens (including phenoxy) is 2. The summed E-state index contributed by atoms with van der Waals surface area (Å²) in [4.78, 5) is 4.79. The summed E-state index contributed by atoms with van der Waals surface area (Å²) in [5.74, 6) is 0.642. The van der Waals surface area contributed by atoms with Crippen LogP contribution in [0.15, 0.2) is 24.3 Å². The molecule has 0 aromatic heterocycles. The van der Waals surface area contributed by atoms with Crippen LogP contribution in [0.5, 0.6) is 5.75 Å². The normalized spacial score (nSPS) is 12.6. The number of aliphatic hydroxyl groups excluding tert-OH is 1. The smallest absolute Gasteiger partial charge is 0.490 e. The van der Waals surface area contributed by atoms with Crippen molar-refractivity contribution in [2.75, 3.05) is 27.7 Å². The number of benzene rings is 1. The van der Waals surface area contributed by atoms with Crippen molar-refractivity contribution in [2.24, 2.45) is 0 Å². The molecule has 0 amide bonds. The number of para-hydroxylation sites is 2. The Kier molecular flexibility index (Phi) is 5.18. The quantitative estimate of drug-likeness (QED) is 0.608. The van der Waals surface area contributed by atoms with Gasteiger partial charge < -0.3 is 19.5 Å². The molecule has 106 valence electrons. The zero-order chi connectivity index (χ0) is 14.5. The number of aliphatic hydroxyl groups is 1. The Balaban J connectivity index is 2.82. The zero-order valence-corrected chi connectivity index (χ0v) is 12.2. The van der Waals surface area contributed by atoms with Crippen LogP contribution in [0.4, 0.5) is 5.69 Å². The lowest BCUT2D eigenvalue weighted by Crippen LogP contribution is -2.68. The third-order valence-electron chi connectivity index (χ3n) is 2.42. The molecule has 0 aliphatic heterocycles. The lowest BCUT2D eigenvalue weighted by Gasteiger charge is -2.26. The first-order valence-corrected chi connectivity index (χ1v) is 6.14. The van der Waals surface area contributed by atoms with Crippen LogP contribution >= 0.6 is 0 Å². The molecule has 0 atom stereocenters. The first-order chi connectivity index (χ1) is 8.84. The van der Waals surface area contributed by atoms with Gasteiger partial charge in [0.1, 0.15) is 5.60 Å². The zero-order valence-electron chi connectivity index (χ0n) is 12.2. The fraction of sp³-hybridized carbons (Fsp3) is 0.500. The number of nitrogens with zero attached hydrogens (tertiary/aromatic N) is 1. The van der Waals surface area contributed by atoms with Crippen molar-refractivity contribution in [2.45, 2.75) is 19.4 Å². The molecular weight excluding hydrogens is 244 g/mol. The molecule has 1 rings (SSSR count). The first kappa shape index (κ1) is 15.3. The molecule has 5 heteroatoms. The van der Waals surface area contributed by atoms with Gasteiger partial charge in [0.15, 0.2) is 5.75 Å². The molecule has 0 aliphatic carbocycles. The molecule has 0 saturated carbocycles. The fourth-order valence-corrected chi connectivity index (χ4v) is 1.94. The standard InChI is InChI=1S/C14H22N2O3/c1-14(2,10-16(3)4)19-13(17)15-11-8-6-7-9-12(11)18-5/h6-9H,10H2,1-5H3,(H,15,17)/p+1. The van der Waals surface area contributed by atoms with Crippen LogP contribution in [0.1, 0.15) is 13.8 Å². The second-order valence-corrected chi connectivity index (χ2v) is 5.23. The maximum absolute atomic E-state index is 9.88. The number of nitrogens with one attached hydrogen (secondary N) is 1. The Hall–Kier alpha value is -1.75. The van der Waals surface area contributed by atoms with Gasteiger partial charge in [-0.3, -0.25) is 0 Å². The van der Waals surface area contributed by atoms with Gasteiger partial charge in [0.05, 0.1) is 7.11 Å². The third kappa shape index (κ3) is 5.18. The highest BCUT2D eigenvalue weighted by molar-refractivity contribution is 5.60. The second kappa shape index (κ2) is 6.43. The predicted octanol–water partition coefficient (Wildman–Crippen LogP) is 0.678. The van der Waals surface area contributed by atoms with Crippen LogP contribution in [0.3, 0.4) is 0 Å². The van der Waals surface area contributed by atoms with Crippen molar-refractivity contribution in [1.29, 1.82) is 0 Å². The van der Waals surface area contributed by atoms with Gasteiger partial charge >= 0.3 is 6.08 Å². The minimum Gasteiger partial charge on any atom is -0.490 e. The van der Waals surface area contributed by atoms with E-state index in [0.717, 1.165) is 0 Å². The summed E-state index contributed by atoms with van der Waals surface area (Å²) in [6.45, 7) is 4.50. The number of hydrogen-bond donors (Lipinski definition) is 2. The lowest BCUT2D eigenvalue weighted by atomic mass is 10.1. The predicted molar refractivity (Wildman–Crippen MR) is 75.0 cm³/mol. The van der Waals surface area contributed by atoms with Crippen LogP contribution < -0.4 is 9.73 Å². The Morgan fingerprint density at radius 1 is 1.32 bits per heavy atom. The largest absolute Gasteiger partial charge is 0.551 e. The van der Waals surface area contributed by atoms with Gasteiger partial charge in [0, 0.05) is 12.6 Å². The molecule has 2 N–H and O–H groups in total. The number of likely N-dealkylation sites (N-methyl/N-ethyl adjacent to an activating group) is 1. The van der Waals surface area contributed by atoms with E-state index in [2.05, 4.69) is 4.99 Å². The van der Waals surface area contributed by atoms with Crippen LogP contribution in [-0.4, -0.2) is 49.4 Å². The molecule has 0 saturated heterocycles. The molecular formula is C14H23N2O3+. The van der Waals surface area contributed by atoms with E-state index in [1.165, 1.54) is 0 Å². The molecule has 0 bridgehead atoms. The number of rotatable bonds is 5. The highest BCUT2D eigenvalue weighted by Crippen LogP contribution is 2.17. The van der Waals surface area contributed by atoms with Gasteiger partial charge in [-0.25, -0.2) is 0 Å². The Bertz CT molecular complexity index is 442. The molecule has 0 aliphatic rings. The fourth-order valence-electron chi connectivity index (χ4n) is 1.94. The molecule has 1 aromatic rings. The molecule has 19 heavy (non-hydrogen) atoms. The Morgan fingerprint density at radius 2 is 1.95 bits per heavy atom. The average molecular weight is 267 g/mol. The summed E-state index contributed by atoms with van der Waals surface area (Å²) in [5, 5.41) is 9.88. The molecule has 0 heterocycles. The minimum atomic E-state index is -0.497. The van der Waals surface area contributed by atoms with Gasteiger partial charge in [-0.2, -0.15) is 0 Å². The Labute approximate surface area is 114 Å². The van der Waals surface area contributed by atoms with E-state index in [9.17, 15) is 5.11 Å². The summed E-state index contributed by atoms with van der Waals surface area (Å²) in [5.41, 5.74) is 0.158. The number of hydrogen-bond acceptors (Lipinski definition) is 3. The van der Waals surface area contributed by atoms with E-state index >= 15 is 0 Å². The van der Waals surface area contributed by atoms with Gasteiger partial charge in [0.2, 0.25) is 0 Å². The second-order valence-electron chi connectivity index (χ2n) is 5.23. The van der Waals surface area contributed by atoms with Crippen LogP contribution in [0.2, 0.25) is 0 Å². The van der Waals surface area contributed by atoms with Gasteiger partial charge in [-0.15, -0.1) is 4.99 Å². The van der Waals surface area contributed by atoms with Gasteiger partial charge in [-0.1, -0.05) is 12.1 Å². The van der Waals surface area contributed by atoms with E-state index in [1.807, 2.05) is 45.0 Å². The molecule has 0 unspecified atom stereocenters. The summed E-state index contributed by atoms with van der Waals surface area (Å²) in [6, 6.07) is 7.32. The summed E-state index contributed by atoms with van der Waals surface area (Å²) >= 11 is 0. The van der Waals surface area contributed by atoms with E-state index < -0.39 is 5.60 Å². The first-order valence-electron chi connectivity index (χ1n) is 6.14. The maximum Gasteiger partial charge on any atom is 0.551 e. The van der Waals surface area contributed by atoms with Crippen molar-refractivity contribution >= 4 is 11.8 Å². The Morgan fingerprint density at radius 3 is 2.53 bits per heavy atom. The van der Waals surface area contributed by atoms with Crippen molar-refractivity contribution in [1.82, 2.24) is 4.90 Å². The minimum absolute atomic E-state index is 0.239. The van der Waals surface area contributed by atoms with E-state index in [4.69, 9.17) is 9.47 Å². The van der Waals surface area contributed by atoms with Crippen LogP contribution in [0.25, 0.3) is 0 Å². The van der Waals surface area contributed by atoms with E-state index in [-0.39, 0.29) is 6.08 Å².